The van der Waals surface area contributed by atoms with Gasteiger partial charge in [0.2, 0.25) is 0 Å². The van der Waals surface area contributed by atoms with Crippen LogP contribution >= 0.6 is 0 Å². The average Bonchev–Trinajstić information content (AvgIpc) is 2.89. The Hall–Kier alpha value is -3.13. The zero-order valence-corrected chi connectivity index (χ0v) is 21.6. The summed E-state index contributed by atoms with van der Waals surface area (Å²) in [7, 11) is 1.39. The van der Waals surface area contributed by atoms with Gasteiger partial charge < -0.3 is 25.0 Å². The first-order valence-electron chi connectivity index (χ1n) is 13.5. The van der Waals surface area contributed by atoms with E-state index in [4.69, 9.17) is 9.72 Å². The van der Waals surface area contributed by atoms with Crippen molar-refractivity contribution >= 4 is 23.4 Å². The number of ether oxygens (including phenoxy) is 1. The summed E-state index contributed by atoms with van der Waals surface area (Å²) < 4.78 is 4.79. The Morgan fingerprint density at radius 2 is 1.78 bits per heavy atom. The molecule has 5 aliphatic rings. The third-order valence-electron chi connectivity index (χ3n) is 9.08. The SMILES string of the molecule is COC(=O)c1ccc(N2CCN(c3cccc(C(=O)NC4C5CC6CC4CC(O)(C6)C5)n3)C(C)C2)cc1. The van der Waals surface area contributed by atoms with Gasteiger partial charge in [-0.2, -0.15) is 0 Å². The summed E-state index contributed by atoms with van der Waals surface area (Å²) in [5, 5.41) is 14.2. The van der Waals surface area contributed by atoms with Gasteiger partial charge in [-0.1, -0.05) is 6.07 Å². The zero-order chi connectivity index (χ0) is 25.7. The normalized spacial score (nSPS) is 32.4. The van der Waals surface area contributed by atoms with Crippen molar-refractivity contribution in [3.05, 3.63) is 53.7 Å². The number of rotatable bonds is 5. The number of amides is 1. The molecule has 4 bridgehead atoms. The highest BCUT2D eigenvalue weighted by Gasteiger charge is 2.55. The van der Waals surface area contributed by atoms with E-state index in [1.54, 1.807) is 18.2 Å². The summed E-state index contributed by atoms with van der Waals surface area (Å²) in [6.07, 6.45) is 4.79. The predicted molar refractivity (Wildman–Crippen MR) is 141 cm³/mol. The molecule has 7 rings (SSSR count). The molecule has 0 spiro atoms. The Balaban J connectivity index is 1.10. The second-order valence-electron chi connectivity index (χ2n) is 11.6. The number of nitrogens with one attached hydrogen (secondary N) is 1. The second-order valence-corrected chi connectivity index (χ2v) is 11.6. The largest absolute Gasteiger partial charge is 0.465 e. The molecule has 2 N–H and O–H groups in total. The fourth-order valence-corrected chi connectivity index (χ4v) is 7.61. The molecular weight excluding hydrogens is 468 g/mol. The summed E-state index contributed by atoms with van der Waals surface area (Å²) >= 11 is 0. The molecule has 1 aromatic heterocycles. The number of methoxy groups -OCH3 is 1. The maximum Gasteiger partial charge on any atom is 0.337 e. The minimum atomic E-state index is -0.502. The molecule has 3 unspecified atom stereocenters. The molecule has 1 aliphatic heterocycles. The van der Waals surface area contributed by atoms with E-state index in [1.807, 2.05) is 24.3 Å². The lowest BCUT2D eigenvalue weighted by atomic mass is 9.52. The van der Waals surface area contributed by atoms with E-state index in [9.17, 15) is 14.7 Å². The summed E-state index contributed by atoms with van der Waals surface area (Å²) in [4.78, 5) is 34.3. The van der Waals surface area contributed by atoms with Crippen LogP contribution in [0.5, 0.6) is 0 Å². The molecule has 3 atom stereocenters. The second kappa shape index (κ2) is 9.31. The van der Waals surface area contributed by atoms with Gasteiger partial charge >= 0.3 is 5.97 Å². The van der Waals surface area contributed by atoms with Crippen LogP contribution in [0, 0.1) is 17.8 Å². The van der Waals surface area contributed by atoms with Crippen molar-refractivity contribution in [3.8, 4) is 0 Å². The standard InChI is InChI=1S/C29H36N4O4/c1-18-17-32(23-8-6-20(7-9-23)28(35)37-2)10-11-33(18)25-5-3-4-24(30-25)27(34)31-26-21-12-19-13-22(26)16-29(36,14-19)15-21/h3-9,18-19,21-22,26,36H,10-17H2,1-2H3,(H,31,34). The number of esters is 1. The lowest BCUT2D eigenvalue weighted by Gasteiger charge is -2.58. The van der Waals surface area contributed by atoms with E-state index >= 15 is 0 Å². The van der Waals surface area contributed by atoms with Gasteiger partial charge in [0, 0.05) is 37.4 Å². The van der Waals surface area contributed by atoms with Gasteiger partial charge in [-0.3, -0.25) is 4.79 Å². The van der Waals surface area contributed by atoms with Crippen LogP contribution in [0.25, 0.3) is 0 Å². The Morgan fingerprint density at radius 3 is 2.43 bits per heavy atom. The lowest BCUT2D eigenvalue weighted by molar-refractivity contribution is -0.136. The number of aliphatic hydroxyl groups is 1. The van der Waals surface area contributed by atoms with Crippen molar-refractivity contribution in [2.45, 2.75) is 56.7 Å². The van der Waals surface area contributed by atoms with Crippen LogP contribution in [-0.2, 0) is 4.74 Å². The van der Waals surface area contributed by atoms with E-state index < -0.39 is 5.60 Å². The maximum atomic E-state index is 13.3. The van der Waals surface area contributed by atoms with E-state index in [2.05, 4.69) is 22.0 Å². The van der Waals surface area contributed by atoms with Crippen molar-refractivity contribution < 1.29 is 19.4 Å². The molecule has 8 nitrogen and oxygen atoms in total. The summed E-state index contributed by atoms with van der Waals surface area (Å²) in [6, 6.07) is 13.5. The van der Waals surface area contributed by atoms with Crippen molar-refractivity contribution in [2.75, 3.05) is 36.5 Å². The molecule has 1 saturated heterocycles. The van der Waals surface area contributed by atoms with E-state index in [0.29, 0.717) is 29.0 Å². The summed E-state index contributed by atoms with van der Waals surface area (Å²) in [5.41, 5.74) is 1.57. The maximum absolute atomic E-state index is 13.3. The number of carbonyl (C=O) groups excluding carboxylic acids is 2. The van der Waals surface area contributed by atoms with E-state index in [-0.39, 0.29) is 24.0 Å². The number of anilines is 2. The number of pyridine rings is 1. The Labute approximate surface area is 218 Å². The van der Waals surface area contributed by atoms with Crippen molar-refractivity contribution in [1.29, 1.82) is 0 Å². The molecule has 4 aliphatic carbocycles. The molecule has 2 heterocycles. The van der Waals surface area contributed by atoms with Gasteiger partial charge in [-0.05, 0) is 93.2 Å². The van der Waals surface area contributed by atoms with Gasteiger partial charge in [0.05, 0.1) is 18.3 Å². The smallest absolute Gasteiger partial charge is 0.337 e. The third-order valence-corrected chi connectivity index (χ3v) is 9.08. The van der Waals surface area contributed by atoms with Gasteiger partial charge in [0.25, 0.3) is 5.91 Å². The van der Waals surface area contributed by atoms with Crippen LogP contribution in [0.15, 0.2) is 42.5 Å². The van der Waals surface area contributed by atoms with Crippen LogP contribution in [0.1, 0.15) is 59.9 Å². The number of hydrogen-bond acceptors (Lipinski definition) is 7. The molecule has 196 valence electrons. The highest BCUT2D eigenvalue weighted by atomic mass is 16.5. The quantitative estimate of drug-likeness (QED) is 0.604. The highest BCUT2D eigenvalue weighted by molar-refractivity contribution is 5.93. The molecule has 8 heteroatoms. The number of hydrogen-bond donors (Lipinski definition) is 2. The topological polar surface area (TPSA) is 95.0 Å². The number of carbonyl (C=O) groups is 2. The Bertz CT molecular complexity index is 1170. The molecular formula is C29H36N4O4. The monoisotopic (exact) mass is 504 g/mol. The number of piperazine rings is 1. The lowest BCUT2D eigenvalue weighted by Crippen LogP contribution is -2.61. The van der Waals surface area contributed by atoms with Crippen LogP contribution in [-0.4, -0.2) is 66.4 Å². The molecule has 1 amide bonds. The molecule has 5 fully saturated rings. The first-order chi connectivity index (χ1) is 17.8. The number of aromatic nitrogens is 1. The van der Waals surface area contributed by atoms with Crippen LogP contribution in [0.3, 0.4) is 0 Å². The van der Waals surface area contributed by atoms with E-state index in [1.165, 1.54) is 7.11 Å². The fraction of sp³-hybridized carbons (Fsp3) is 0.552. The van der Waals surface area contributed by atoms with Crippen LogP contribution in [0.2, 0.25) is 0 Å². The Morgan fingerprint density at radius 1 is 1.05 bits per heavy atom. The van der Waals surface area contributed by atoms with Gasteiger partial charge in [0.1, 0.15) is 11.5 Å². The number of nitrogens with zero attached hydrogens (tertiary/aromatic N) is 3. The first-order valence-corrected chi connectivity index (χ1v) is 13.5. The summed E-state index contributed by atoms with van der Waals surface area (Å²) in [6.45, 7) is 4.58. The first kappa shape index (κ1) is 24.2. The molecule has 37 heavy (non-hydrogen) atoms. The third kappa shape index (κ3) is 4.56. The van der Waals surface area contributed by atoms with Gasteiger partial charge in [0.15, 0.2) is 0 Å². The fourth-order valence-electron chi connectivity index (χ4n) is 7.61. The van der Waals surface area contributed by atoms with Gasteiger partial charge in [-0.15, -0.1) is 0 Å². The van der Waals surface area contributed by atoms with Crippen LogP contribution < -0.4 is 15.1 Å². The number of benzene rings is 1. The molecule has 2 aromatic rings. The Kier molecular flexibility index (Phi) is 6.10. The molecule has 1 aromatic carbocycles. The zero-order valence-electron chi connectivity index (χ0n) is 21.6. The minimum absolute atomic E-state index is 0.108. The van der Waals surface area contributed by atoms with Crippen molar-refractivity contribution in [2.24, 2.45) is 17.8 Å². The summed E-state index contributed by atoms with van der Waals surface area (Å²) in [5.74, 6) is 1.74. The molecule has 4 saturated carbocycles. The van der Waals surface area contributed by atoms with Crippen molar-refractivity contribution in [1.82, 2.24) is 10.3 Å². The minimum Gasteiger partial charge on any atom is -0.465 e. The average molecular weight is 505 g/mol. The van der Waals surface area contributed by atoms with Crippen LogP contribution in [0.4, 0.5) is 11.5 Å². The van der Waals surface area contributed by atoms with E-state index in [0.717, 1.165) is 63.2 Å². The highest BCUT2D eigenvalue weighted by Crippen LogP contribution is 2.55. The molecule has 0 radical (unpaired) electrons. The van der Waals surface area contributed by atoms with Gasteiger partial charge in [-0.25, -0.2) is 9.78 Å². The van der Waals surface area contributed by atoms with Crippen molar-refractivity contribution in [3.63, 3.8) is 0 Å². The predicted octanol–water partition coefficient (Wildman–Crippen LogP) is 3.25.